The molecule has 8 heteroatoms. The number of benzene rings is 2. The first-order valence-electron chi connectivity index (χ1n) is 9.30. The number of rotatable bonds is 9. The third-order valence-corrected chi connectivity index (χ3v) is 5.78. The summed E-state index contributed by atoms with van der Waals surface area (Å²) in [5.74, 6) is -0.0632. The minimum Gasteiger partial charge on any atom is -0.493 e. The molecule has 1 fully saturated rings. The first kappa shape index (κ1) is 21.9. The Hall–Kier alpha value is -2.84. The van der Waals surface area contributed by atoms with Gasteiger partial charge in [0.15, 0.2) is 11.5 Å². The van der Waals surface area contributed by atoms with Gasteiger partial charge in [-0.1, -0.05) is 60.4 Å². The van der Waals surface area contributed by atoms with E-state index < -0.39 is 5.97 Å². The molecule has 2 aromatic rings. The highest BCUT2D eigenvalue weighted by Gasteiger charge is 2.32. The molecular formula is C22H21NO5S2. The van der Waals surface area contributed by atoms with Crippen LogP contribution in [0, 0.1) is 0 Å². The monoisotopic (exact) mass is 443 g/mol. The Morgan fingerprint density at radius 2 is 1.97 bits per heavy atom. The van der Waals surface area contributed by atoms with Crippen molar-refractivity contribution >= 4 is 46.3 Å². The first-order valence-corrected chi connectivity index (χ1v) is 10.5. The maximum atomic E-state index is 12.5. The van der Waals surface area contributed by atoms with Gasteiger partial charge in [-0.25, -0.2) is 0 Å². The molecule has 0 aliphatic carbocycles. The van der Waals surface area contributed by atoms with E-state index in [1.165, 1.54) is 10.5 Å². The normalized spacial score (nSPS) is 15.0. The fraction of sp³-hybridized carbons (Fsp3) is 0.227. The molecule has 0 unspecified atom stereocenters. The lowest BCUT2D eigenvalue weighted by Gasteiger charge is -2.12. The molecule has 156 valence electrons. The minimum absolute atomic E-state index is 0.0643. The molecule has 1 aliphatic heterocycles. The Bertz CT molecular complexity index is 975. The molecule has 30 heavy (non-hydrogen) atoms. The second-order valence-corrected chi connectivity index (χ2v) is 8.15. The number of amides is 1. The number of nitrogens with zero attached hydrogens (tertiary/aromatic N) is 1. The quantitative estimate of drug-likeness (QED) is 0.464. The zero-order valence-corrected chi connectivity index (χ0v) is 18.0. The number of hydrogen-bond donors (Lipinski definition) is 1. The molecule has 6 nitrogen and oxygen atoms in total. The number of hydrogen-bond acceptors (Lipinski definition) is 6. The molecule has 3 rings (SSSR count). The van der Waals surface area contributed by atoms with Crippen molar-refractivity contribution in [2.75, 3.05) is 20.3 Å². The zero-order chi connectivity index (χ0) is 21.5. The third-order valence-electron chi connectivity index (χ3n) is 4.40. The van der Waals surface area contributed by atoms with Gasteiger partial charge in [-0.15, -0.1) is 0 Å². The van der Waals surface area contributed by atoms with Gasteiger partial charge in [0.2, 0.25) is 0 Å². The second-order valence-electron chi connectivity index (χ2n) is 6.47. The molecular weight excluding hydrogens is 422 g/mol. The lowest BCUT2D eigenvalue weighted by atomic mass is 10.1. The molecule has 1 N–H and O–H groups in total. The summed E-state index contributed by atoms with van der Waals surface area (Å²) >= 11 is 6.37. The number of thioether (sulfide) groups is 1. The van der Waals surface area contributed by atoms with Crippen LogP contribution < -0.4 is 9.47 Å². The standard InChI is InChI=1S/C22H21NO5S2/c1-27-18-13-16(7-8-17(18)28-12-10-15-5-3-2-4-6-15)14-19-21(26)23(22(29)30-19)11-9-20(24)25/h2-8,13-14H,9-12H2,1H3,(H,24,25)/b19-14-. The summed E-state index contributed by atoms with van der Waals surface area (Å²) in [6.45, 7) is 0.580. The zero-order valence-electron chi connectivity index (χ0n) is 16.4. The summed E-state index contributed by atoms with van der Waals surface area (Å²) < 4.78 is 11.7. The van der Waals surface area contributed by atoms with E-state index in [1.54, 1.807) is 25.3 Å². The number of thiocarbonyl (C=S) groups is 1. The molecule has 2 aromatic carbocycles. The fourth-order valence-corrected chi connectivity index (χ4v) is 4.18. The van der Waals surface area contributed by atoms with Gasteiger partial charge in [-0.05, 0) is 29.3 Å². The van der Waals surface area contributed by atoms with Crippen LogP contribution in [0.15, 0.2) is 53.4 Å². The van der Waals surface area contributed by atoms with E-state index in [4.69, 9.17) is 26.8 Å². The summed E-state index contributed by atoms with van der Waals surface area (Å²) in [6.07, 6.45) is 2.35. The van der Waals surface area contributed by atoms with E-state index in [1.807, 2.05) is 24.3 Å². The number of carboxylic acid groups (broad SMARTS) is 1. The van der Waals surface area contributed by atoms with Gasteiger partial charge in [0.25, 0.3) is 5.91 Å². The smallest absolute Gasteiger partial charge is 0.305 e. The van der Waals surface area contributed by atoms with Crippen LogP contribution in [0.1, 0.15) is 17.5 Å². The van der Waals surface area contributed by atoms with Crippen LogP contribution in [0.4, 0.5) is 0 Å². The van der Waals surface area contributed by atoms with E-state index in [-0.39, 0.29) is 18.9 Å². The molecule has 0 spiro atoms. The van der Waals surface area contributed by atoms with Gasteiger partial charge in [-0.3, -0.25) is 14.5 Å². The Morgan fingerprint density at radius 3 is 2.67 bits per heavy atom. The SMILES string of the molecule is COc1cc(/C=C2\SC(=S)N(CCC(=O)O)C2=O)ccc1OCCc1ccccc1. The van der Waals surface area contributed by atoms with Crippen molar-refractivity contribution in [1.82, 2.24) is 4.90 Å². The minimum atomic E-state index is -0.972. The van der Waals surface area contributed by atoms with Crippen molar-refractivity contribution in [1.29, 1.82) is 0 Å². The average Bonchev–Trinajstić information content (AvgIpc) is 3.00. The number of aliphatic carboxylic acids is 1. The highest BCUT2D eigenvalue weighted by atomic mass is 32.2. The van der Waals surface area contributed by atoms with Gasteiger partial charge in [0, 0.05) is 13.0 Å². The van der Waals surface area contributed by atoms with Gasteiger partial charge >= 0.3 is 5.97 Å². The van der Waals surface area contributed by atoms with Gasteiger partial charge < -0.3 is 14.6 Å². The predicted octanol–water partition coefficient (Wildman–Crippen LogP) is 3.99. The number of carbonyl (C=O) groups is 2. The highest BCUT2D eigenvalue weighted by molar-refractivity contribution is 8.26. The van der Waals surface area contributed by atoms with Crippen molar-refractivity contribution in [3.05, 3.63) is 64.6 Å². The molecule has 1 aliphatic rings. The fourth-order valence-electron chi connectivity index (χ4n) is 2.87. The van der Waals surface area contributed by atoms with E-state index in [0.29, 0.717) is 27.3 Å². The van der Waals surface area contributed by atoms with Crippen molar-refractivity contribution in [2.45, 2.75) is 12.8 Å². The van der Waals surface area contributed by atoms with Crippen molar-refractivity contribution in [3.8, 4) is 11.5 Å². The molecule has 0 radical (unpaired) electrons. The lowest BCUT2D eigenvalue weighted by Crippen LogP contribution is -2.30. The van der Waals surface area contributed by atoms with Crippen LogP contribution in [-0.4, -0.2) is 46.5 Å². The van der Waals surface area contributed by atoms with Crippen LogP contribution in [0.25, 0.3) is 6.08 Å². The number of carbonyl (C=O) groups excluding carboxylic acids is 1. The molecule has 0 saturated carbocycles. The number of ether oxygens (including phenoxy) is 2. The summed E-state index contributed by atoms with van der Waals surface area (Å²) in [7, 11) is 1.56. The Kier molecular flexibility index (Phi) is 7.48. The molecule has 0 bridgehead atoms. The number of carboxylic acids is 1. The van der Waals surface area contributed by atoms with Crippen LogP contribution >= 0.6 is 24.0 Å². The maximum absolute atomic E-state index is 12.5. The van der Waals surface area contributed by atoms with Crippen molar-refractivity contribution < 1.29 is 24.2 Å². The molecule has 1 saturated heterocycles. The van der Waals surface area contributed by atoms with Crippen molar-refractivity contribution in [2.24, 2.45) is 0 Å². The van der Waals surface area contributed by atoms with Crippen LogP contribution in [-0.2, 0) is 16.0 Å². The number of methoxy groups -OCH3 is 1. The van der Waals surface area contributed by atoms with E-state index >= 15 is 0 Å². The van der Waals surface area contributed by atoms with Gasteiger partial charge in [-0.2, -0.15) is 0 Å². The summed E-state index contributed by atoms with van der Waals surface area (Å²) in [4.78, 5) is 25.1. The molecule has 1 amide bonds. The molecule has 1 heterocycles. The average molecular weight is 444 g/mol. The lowest BCUT2D eigenvalue weighted by molar-refractivity contribution is -0.137. The third kappa shape index (κ3) is 5.61. The van der Waals surface area contributed by atoms with E-state index in [9.17, 15) is 9.59 Å². The van der Waals surface area contributed by atoms with Crippen LogP contribution in [0.2, 0.25) is 0 Å². The second kappa shape index (κ2) is 10.3. The summed E-state index contributed by atoms with van der Waals surface area (Å²) in [6, 6.07) is 15.5. The van der Waals surface area contributed by atoms with E-state index in [2.05, 4.69) is 12.1 Å². The Balaban J connectivity index is 1.67. The van der Waals surface area contributed by atoms with Gasteiger partial charge in [0.1, 0.15) is 4.32 Å². The van der Waals surface area contributed by atoms with E-state index in [0.717, 1.165) is 23.7 Å². The largest absolute Gasteiger partial charge is 0.493 e. The Morgan fingerprint density at radius 1 is 1.20 bits per heavy atom. The predicted molar refractivity (Wildman–Crippen MR) is 121 cm³/mol. The molecule has 0 atom stereocenters. The molecule has 0 aromatic heterocycles. The summed E-state index contributed by atoms with van der Waals surface area (Å²) in [5.41, 5.74) is 1.96. The van der Waals surface area contributed by atoms with Crippen LogP contribution in [0.5, 0.6) is 11.5 Å². The Labute approximate surface area is 184 Å². The topological polar surface area (TPSA) is 76.1 Å². The van der Waals surface area contributed by atoms with Gasteiger partial charge in [0.05, 0.1) is 25.0 Å². The maximum Gasteiger partial charge on any atom is 0.305 e. The van der Waals surface area contributed by atoms with Crippen LogP contribution in [0.3, 0.4) is 0 Å². The first-order chi connectivity index (χ1) is 14.5. The highest BCUT2D eigenvalue weighted by Crippen LogP contribution is 2.34. The summed E-state index contributed by atoms with van der Waals surface area (Å²) in [5, 5.41) is 8.83. The van der Waals surface area contributed by atoms with Crippen molar-refractivity contribution in [3.63, 3.8) is 0 Å².